The number of carbonyl (C=O) groups is 3. The van der Waals surface area contributed by atoms with Crippen LogP contribution in [0.2, 0.25) is 0 Å². The van der Waals surface area contributed by atoms with E-state index in [-0.39, 0.29) is 31.0 Å². The second-order valence-electron chi connectivity index (χ2n) is 10.2. The molecule has 0 aliphatic carbocycles. The maximum absolute atomic E-state index is 14.1. The molecule has 0 saturated carbocycles. The van der Waals surface area contributed by atoms with Crippen LogP contribution >= 0.6 is 11.8 Å². The molecule has 1 aromatic rings. The molecule has 3 heterocycles. The van der Waals surface area contributed by atoms with E-state index in [2.05, 4.69) is 12.2 Å². The van der Waals surface area contributed by atoms with E-state index in [0.717, 1.165) is 31.2 Å². The van der Waals surface area contributed by atoms with Gasteiger partial charge in [-0.05, 0) is 45.1 Å². The van der Waals surface area contributed by atoms with Gasteiger partial charge in [-0.1, -0.05) is 50.1 Å². The standard InChI is InChI=1S/C27H38N2O5S/c1-4-6-10-15-28-23(31)22-27-14-13-26(3,35-27)21(25(33)34-5-2)20(27)24(32)29(22)19(17-30)16-18-11-8-7-9-12-18/h7-9,11-12,19-22,30H,4-6,10,13-17H2,1-3H3,(H,28,31)/t19-,20+,21-,22?,26+,27?/m1/s1. The molecule has 3 aliphatic rings. The average molecular weight is 503 g/mol. The van der Waals surface area contributed by atoms with Crippen molar-refractivity contribution in [2.45, 2.75) is 80.9 Å². The molecule has 7 nitrogen and oxygen atoms in total. The van der Waals surface area contributed by atoms with Gasteiger partial charge in [-0.2, -0.15) is 0 Å². The first-order valence-corrected chi connectivity index (χ1v) is 13.8. The van der Waals surface area contributed by atoms with E-state index in [1.807, 2.05) is 37.3 Å². The van der Waals surface area contributed by atoms with Crippen molar-refractivity contribution in [2.24, 2.45) is 11.8 Å². The highest BCUT2D eigenvalue weighted by molar-refractivity contribution is 8.02. The molecule has 1 aromatic carbocycles. The Kier molecular flexibility index (Phi) is 7.81. The first-order valence-electron chi connectivity index (χ1n) is 12.9. The molecule has 6 atom stereocenters. The summed E-state index contributed by atoms with van der Waals surface area (Å²) in [6, 6.07) is 8.43. The van der Waals surface area contributed by atoms with Gasteiger partial charge < -0.3 is 20.1 Å². The molecule has 2 bridgehead atoms. The van der Waals surface area contributed by atoms with Crippen molar-refractivity contribution in [1.29, 1.82) is 0 Å². The Morgan fingerprint density at radius 2 is 1.97 bits per heavy atom. The predicted molar refractivity (Wildman–Crippen MR) is 136 cm³/mol. The number of likely N-dealkylation sites (tertiary alicyclic amines) is 1. The van der Waals surface area contributed by atoms with E-state index in [9.17, 15) is 19.5 Å². The van der Waals surface area contributed by atoms with Gasteiger partial charge in [-0.15, -0.1) is 11.8 Å². The highest BCUT2D eigenvalue weighted by Crippen LogP contribution is 2.71. The van der Waals surface area contributed by atoms with E-state index < -0.39 is 33.4 Å². The third-order valence-electron chi connectivity index (χ3n) is 8.00. The number of esters is 1. The highest BCUT2D eigenvalue weighted by atomic mass is 32.2. The first kappa shape index (κ1) is 26.0. The maximum Gasteiger partial charge on any atom is 0.311 e. The molecule has 192 valence electrons. The smallest absolute Gasteiger partial charge is 0.311 e. The summed E-state index contributed by atoms with van der Waals surface area (Å²) in [6.07, 6.45) is 4.83. The Labute approximate surface area is 212 Å². The van der Waals surface area contributed by atoms with Crippen LogP contribution in [0.5, 0.6) is 0 Å². The number of unbranched alkanes of at least 4 members (excludes halogenated alkanes) is 2. The maximum atomic E-state index is 14.1. The fourth-order valence-corrected chi connectivity index (χ4v) is 8.80. The highest BCUT2D eigenvalue weighted by Gasteiger charge is 2.77. The minimum atomic E-state index is -0.728. The van der Waals surface area contributed by atoms with Gasteiger partial charge in [0.15, 0.2) is 0 Å². The van der Waals surface area contributed by atoms with Crippen LogP contribution in [0.15, 0.2) is 30.3 Å². The molecule has 4 rings (SSSR count). The van der Waals surface area contributed by atoms with Crippen molar-refractivity contribution >= 4 is 29.5 Å². The average Bonchev–Trinajstić information content (AvgIpc) is 3.42. The molecule has 0 radical (unpaired) electrons. The first-order chi connectivity index (χ1) is 16.8. The number of amides is 2. The minimum Gasteiger partial charge on any atom is -0.466 e. The van der Waals surface area contributed by atoms with E-state index in [0.29, 0.717) is 19.4 Å². The normalized spacial score (nSPS) is 31.9. The molecular weight excluding hydrogens is 464 g/mol. The molecule has 3 fully saturated rings. The number of benzene rings is 1. The van der Waals surface area contributed by atoms with Crippen molar-refractivity contribution in [3.63, 3.8) is 0 Å². The molecule has 1 spiro atoms. The summed E-state index contributed by atoms with van der Waals surface area (Å²) in [5.74, 6) is -1.95. The number of rotatable bonds is 11. The van der Waals surface area contributed by atoms with Crippen LogP contribution in [-0.4, -0.2) is 69.1 Å². The molecule has 3 aliphatic heterocycles. The van der Waals surface area contributed by atoms with E-state index >= 15 is 0 Å². The lowest BCUT2D eigenvalue weighted by atomic mass is 9.66. The zero-order valence-corrected chi connectivity index (χ0v) is 21.8. The van der Waals surface area contributed by atoms with Gasteiger partial charge in [0.2, 0.25) is 11.8 Å². The number of thioether (sulfide) groups is 1. The van der Waals surface area contributed by atoms with Crippen LogP contribution in [0, 0.1) is 11.8 Å². The molecule has 35 heavy (non-hydrogen) atoms. The summed E-state index contributed by atoms with van der Waals surface area (Å²) in [7, 11) is 0. The number of nitrogens with one attached hydrogen (secondary N) is 1. The van der Waals surface area contributed by atoms with Gasteiger partial charge >= 0.3 is 5.97 Å². The fourth-order valence-electron chi connectivity index (χ4n) is 6.47. The van der Waals surface area contributed by atoms with Crippen molar-refractivity contribution in [3.8, 4) is 0 Å². The molecule has 3 saturated heterocycles. The Morgan fingerprint density at radius 3 is 2.63 bits per heavy atom. The number of aliphatic hydroxyl groups excluding tert-OH is 1. The monoisotopic (exact) mass is 502 g/mol. The van der Waals surface area contributed by atoms with Gasteiger partial charge in [0.1, 0.15) is 6.04 Å². The quantitative estimate of drug-likeness (QED) is 0.357. The zero-order chi connectivity index (χ0) is 25.2. The van der Waals surface area contributed by atoms with Crippen molar-refractivity contribution in [3.05, 3.63) is 35.9 Å². The number of ether oxygens (including phenoxy) is 1. The van der Waals surface area contributed by atoms with Crippen LogP contribution in [0.4, 0.5) is 0 Å². The molecule has 2 amide bonds. The number of hydrogen-bond donors (Lipinski definition) is 2. The molecule has 8 heteroatoms. The van der Waals surface area contributed by atoms with Gasteiger partial charge in [-0.3, -0.25) is 14.4 Å². The molecule has 2 unspecified atom stereocenters. The summed E-state index contributed by atoms with van der Waals surface area (Å²) < 4.78 is 4.30. The summed E-state index contributed by atoms with van der Waals surface area (Å²) in [6.45, 7) is 6.47. The van der Waals surface area contributed by atoms with Gasteiger partial charge in [0, 0.05) is 11.3 Å². The zero-order valence-electron chi connectivity index (χ0n) is 21.0. The van der Waals surface area contributed by atoms with Crippen molar-refractivity contribution in [1.82, 2.24) is 10.2 Å². The van der Waals surface area contributed by atoms with Gasteiger partial charge in [0.25, 0.3) is 0 Å². The lowest BCUT2D eigenvalue weighted by molar-refractivity contribution is -0.155. The van der Waals surface area contributed by atoms with Crippen LogP contribution < -0.4 is 5.32 Å². The Balaban J connectivity index is 1.71. The molecule has 0 aromatic heterocycles. The summed E-state index contributed by atoms with van der Waals surface area (Å²) >= 11 is 1.63. The third kappa shape index (κ3) is 4.48. The number of hydrogen-bond acceptors (Lipinski definition) is 6. The van der Waals surface area contributed by atoms with Gasteiger partial charge in [-0.25, -0.2) is 0 Å². The minimum absolute atomic E-state index is 0.176. The number of nitrogens with zero attached hydrogens (tertiary/aromatic N) is 1. The van der Waals surface area contributed by atoms with Crippen LogP contribution in [0.1, 0.15) is 58.4 Å². The number of fused-ring (bicyclic) bond motifs is 1. The SMILES string of the molecule is CCCCCNC(=O)C1N([C@@H](CO)Cc2ccccc2)C(=O)[C@@H]2[C@H](C(=O)OCC)[C@]3(C)CCC12S3. The van der Waals surface area contributed by atoms with E-state index in [1.54, 1.807) is 23.6 Å². The third-order valence-corrected chi connectivity index (χ3v) is 9.99. The summed E-state index contributed by atoms with van der Waals surface area (Å²) in [4.78, 5) is 42.6. The fraction of sp³-hybridized carbons (Fsp3) is 0.667. The van der Waals surface area contributed by atoms with Crippen LogP contribution in [0.3, 0.4) is 0 Å². The topological polar surface area (TPSA) is 95.9 Å². The number of carbonyl (C=O) groups excluding carboxylic acids is 3. The van der Waals surface area contributed by atoms with E-state index in [4.69, 9.17) is 4.74 Å². The molecular formula is C27H38N2O5S. The lowest BCUT2D eigenvalue weighted by Gasteiger charge is -2.37. The molecule has 2 N–H and O–H groups in total. The lowest BCUT2D eigenvalue weighted by Crippen LogP contribution is -2.57. The predicted octanol–water partition coefficient (Wildman–Crippen LogP) is 2.94. The summed E-state index contributed by atoms with van der Waals surface area (Å²) in [5, 5.41) is 13.5. The summed E-state index contributed by atoms with van der Waals surface area (Å²) in [5.41, 5.74) is 0.988. The second-order valence-corrected chi connectivity index (χ2v) is 12.1. The Morgan fingerprint density at radius 1 is 1.23 bits per heavy atom. The number of aliphatic hydroxyl groups is 1. The Hall–Kier alpha value is -2.06. The Bertz CT molecular complexity index is 943. The van der Waals surface area contributed by atoms with Gasteiger partial charge in [0.05, 0.1) is 35.8 Å². The van der Waals surface area contributed by atoms with Crippen molar-refractivity contribution in [2.75, 3.05) is 19.8 Å². The van der Waals surface area contributed by atoms with Crippen LogP contribution in [-0.2, 0) is 25.5 Å². The second kappa shape index (κ2) is 10.5. The van der Waals surface area contributed by atoms with E-state index in [1.165, 1.54) is 0 Å². The largest absolute Gasteiger partial charge is 0.466 e. The van der Waals surface area contributed by atoms with Crippen LogP contribution in [0.25, 0.3) is 0 Å². The van der Waals surface area contributed by atoms with Crippen molar-refractivity contribution < 1.29 is 24.2 Å².